The number of ether oxygens (including phenoxy) is 1. The molecular weight excluding hydrogens is 116 g/mol. The molecule has 1 aliphatic rings. The molecule has 1 rings (SSSR count). The highest BCUT2D eigenvalue weighted by molar-refractivity contribution is 4.85. The molecule has 0 bridgehead atoms. The van der Waals surface area contributed by atoms with Gasteiger partial charge < -0.3 is 9.84 Å². The summed E-state index contributed by atoms with van der Waals surface area (Å²) < 4.78 is 5.38. The minimum Gasteiger partial charge on any atom is -0.387 e. The SMILES string of the molecule is CC1C[C](O)CC(C)O1. The molecule has 9 heavy (non-hydrogen) atoms. The largest absolute Gasteiger partial charge is 0.387 e. The zero-order chi connectivity index (χ0) is 6.85. The Balaban J connectivity index is 2.34. The maximum Gasteiger partial charge on any atom is 0.0984 e. The van der Waals surface area contributed by atoms with Crippen LogP contribution in [-0.4, -0.2) is 17.3 Å². The molecular formula is C7H13O2. The fraction of sp³-hybridized carbons (Fsp3) is 0.857. The van der Waals surface area contributed by atoms with Crippen molar-refractivity contribution in [3.63, 3.8) is 0 Å². The fourth-order valence-electron chi connectivity index (χ4n) is 1.24. The van der Waals surface area contributed by atoms with E-state index in [1.54, 1.807) is 0 Å². The van der Waals surface area contributed by atoms with Gasteiger partial charge in [0.05, 0.1) is 18.3 Å². The second-order valence-electron chi connectivity index (χ2n) is 2.73. The van der Waals surface area contributed by atoms with Crippen LogP contribution >= 0.6 is 0 Å². The van der Waals surface area contributed by atoms with Crippen LogP contribution in [0.5, 0.6) is 0 Å². The Hall–Kier alpha value is -0.0800. The molecule has 1 heterocycles. The summed E-state index contributed by atoms with van der Waals surface area (Å²) in [6, 6.07) is 0. The highest BCUT2D eigenvalue weighted by atomic mass is 16.5. The van der Waals surface area contributed by atoms with Gasteiger partial charge in [0.15, 0.2) is 0 Å². The van der Waals surface area contributed by atoms with E-state index in [2.05, 4.69) is 0 Å². The number of rotatable bonds is 0. The van der Waals surface area contributed by atoms with Crippen molar-refractivity contribution in [3.8, 4) is 0 Å². The normalized spacial score (nSPS) is 39.0. The van der Waals surface area contributed by atoms with Crippen molar-refractivity contribution in [2.75, 3.05) is 0 Å². The molecule has 1 radical (unpaired) electrons. The van der Waals surface area contributed by atoms with Crippen molar-refractivity contribution < 1.29 is 9.84 Å². The summed E-state index contributed by atoms with van der Waals surface area (Å²) in [5, 5.41) is 9.09. The molecule has 0 spiro atoms. The average molecular weight is 129 g/mol. The van der Waals surface area contributed by atoms with Crippen molar-refractivity contribution in [1.82, 2.24) is 0 Å². The van der Waals surface area contributed by atoms with Crippen molar-refractivity contribution in [2.45, 2.75) is 38.9 Å². The van der Waals surface area contributed by atoms with Crippen LogP contribution in [0.1, 0.15) is 26.7 Å². The monoisotopic (exact) mass is 129 g/mol. The summed E-state index contributed by atoms with van der Waals surface area (Å²) in [5.74, 6) is 0. The van der Waals surface area contributed by atoms with Crippen LogP contribution in [0.3, 0.4) is 0 Å². The predicted molar refractivity (Wildman–Crippen MR) is 34.4 cm³/mol. The summed E-state index contributed by atoms with van der Waals surface area (Å²) in [4.78, 5) is 0. The first kappa shape index (κ1) is 7.03. The molecule has 0 aromatic rings. The lowest BCUT2D eigenvalue weighted by molar-refractivity contribution is -0.0455. The van der Waals surface area contributed by atoms with Gasteiger partial charge in [-0.15, -0.1) is 0 Å². The molecule has 2 nitrogen and oxygen atoms in total. The number of hydrogen-bond donors (Lipinski definition) is 1. The van der Waals surface area contributed by atoms with Crippen LogP contribution < -0.4 is 0 Å². The van der Waals surface area contributed by atoms with Gasteiger partial charge in [0.25, 0.3) is 0 Å². The molecule has 0 aromatic carbocycles. The van der Waals surface area contributed by atoms with E-state index in [4.69, 9.17) is 9.84 Å². The zero-order valence-corrected chi connectivity index (χ0v) is 5.92. The van der Waals surface area contributed by atoms with Gasteiger partial charge >= 0.3 is 0 Å². The van der Waals surface area contributed by atoms with Gasteiger partial charge in [0.2, 0.25) is 0 Å². The van der Waals surface area contributed by atoms with Crippen molar-refractivity contribution in [2.24, 2.45) is 0 Å². The van der Waals surface area contributed by atoms with Gasteiger partial charge in [-0.2, -0.15) is 0 Å². The summed E-state index contributed by atoms with van der Waals surface area (Å²) in [5.41, 5.74) is 0. The van der Waals surface area contributed by atoms with Crippen molar-refractivity contribution in [3.05, 3.63) is 6.10 Å². The summed E-state index contributed by atoms with van der Waals surface area (Å²) in [7, 11) is 0. The minimum atomic E-state index is 0.203. The molecule has 1 N–H and O–H groups in total. The lowest BCUT2D eigenvalue weighted by Gasteiger charge is -2.27. The second kappa shape index (κ2) is 2.67. The summed E-state index contributed by atoms with van der Waals surface area (Å²) in [6.07, 6.45) is 2.41. The Labute approximate surface area is 55.8 Å². The molecule has 1 aliphatic heterocycles. The Kier molecular flexibility index (Phi) is 2.09. The van der Waals surface area contributed by atoms with E-state index in [-0.39, 0.29) is 12.2 Å². The molecule has 0 aromatic heterocycles. The zero-order valence-electron chi connectivity index (χ0n) is 5.92. The van der Waals surface area contributed by atoms with Gasteiger partial charge in [-0.05, 0) is 13.8 Å². The minimum absolute atomic E-state index is 0.203. The first-order chi connectivity index (χ1) is 4.18. The summed E-state index contributed by atoms with van der Waals surface area (Å²) in [6.45, 7) is 3.96. The van der Waals surface area contributed by atoms with Crippen molar-refractivity contribution in [1.29, 1.82) is 0 Å². The first-order valence-corrected chi connectivity index (χ1v) is 3.37. The topological polar surface area (TPSA) is 29.5 Å². The third kappa shape index (κ3) is 1.95. The van der Waals surface area contributed by atoms with Crippen LogP contribution in [-0.2, 0) is 4.74 Å². The predicted octanol–water partition coefficient (Wildman–Crippen LogP) is 1.48. The van der Waals surface area contributed by atoms with Crippen LogP contribution in [0.15, 0.2) is 0 Å². The highest BCUT2D eigenvalue weighted by Crippen LogP contribution is 2.23. The molecule has 2 heteroatoms. The van der Waals surface area contributed by atoms with Gasteiger partial charge in [0.1, 0.15) is 0 Å². The third-order valence-electron chi connectivity index (χ3n) is 1.51. The Morgan fingerprint density at radius 1 is 1.33 bits per heavy atom. The van der Waals surface area contributed by atoms with E-state index in [0.29, 0.717) is 18.9 Å². The highest BCUT2D eigenvalue weighted by Gasteiger charge is 2.22. The van der Waals surface area contributed by atoms with Crippen molar-refractivity contribution >= 4 is 0 Å². The van der Waals surface area contributed by atoms with Crippen LogP contribution in [0.4, 0.5) is 0 Å². The standard InChI is InChI=1S/C7H13O2/c1-5-3-7(8)4-6(2)9-5/h5-6,8H,3-4H2,1-2H3. The number of aliphatic hydroxyl groups is 1. The van der Waals surface area contributed by atoms with E-state index in [1.807, 2.05) is 13.8 Å². The van der Waals surface area contributed by atoms with E-state index in [1.165, 1.54) is 0 Å². The van der Waals surface area contributed by atoms with Crippen LogP contribution in [0, 0.1) is 6.10 Å². The van der Waals surface area contributed by atoms with E-state index in [9.17, 15) is 0 Å². The lowest BCUT2D eigenvalue weighted by Crippen LogP contribution is -2.27. The van der Waals surface area contributed by atoms with Crippen LogP contribution in [0.25, 0.3) is 0 Å². The molecule has 0 amide bonds. The average Bonchev–Trinajstić information content (AvgIpc) is 1.59. The van der Waals surface area contributed by atoms with E-state index < -0.39 is 0 Å². The smallest absolute Gasteiger partial charge is 0.0984 e. The fourth-order valence-corrected chi connectivity index (χ4v) is 1.24. The molecule has 1 fully saturated rings. The first-order valence-electron chi connectivity index (χ1n) is 3.37. The second-order valence-corrected chi connectivity index (χ2v) is 2.73. The maximum atomic E-state index is 9.09. The third-order valence-corrected chi connectivity index (χ3v) is 1.51. The Morgan fingerprint density at radius 3 is 2.11 bits per heavy atom. The molecule has 2 atom stereocenters. The molecule has 53 valence electrons. The van der Waals surface area contributed by atoms with E-state index >= 15 is 0 Å². The quantitative estimate of drug-likeness (QED) is 0.536. The molecule has 1 saturated heterocycles. The molecule has 0 aliphatic carbocycles. The summed E-state index contributed by atoms with van der Waals surface area (Å²) >= 11 is 0. The number of aliphatic hydroxyl groups excluding tert-OH is 1. The van der Waals surface area contributed by atoms with Crippen LogP contribution in [0.2, 0.25) is 0 Å². The maximum absolute atomic E-state index is 9.09. The number of hydrogen-bond acceptors (Lipinski definition) is 2. The Morgan fingerprint density at radius 2 is 1.78 bits per heavy atom. The van der Waals surface area contributed by atoms with E-state index in [0.717, 1.165) is 0 Å². The lowest BCUT2D eigenvalue weighted by atomic mass is 10.0. The Bertz CT molecular complexity index is 67.9. The van der Waals surface area contributed by atoms with Gasteiger partial charge in [-0.1, -0.05) is 0 Å². The van der Waals surface area contributed by atoms with Gasteiger partial charge in [-0.3, -0.25) is 0 Å². The van der Waals surface area contributed by atoms with Gasteiger partial charge in [0, 0.05) is 12.8 Å². The molecule has 0 saturated carbocycles. The molecule has 2 unspecified atom stereocenters. The van der Waals surface area contributed by atoms with Gasteiger partial charge in [-0.25, -0.2) is 0 Å².